The third-order valence-electron chi connectivity index (χ3n) is 5.98. The van der Waals surface area contributed by atoms with E-state index in [-0.39, 0.29) is 17.9 Å². The Bertz CT molecular complexity index is 1140. The lowest BCUT2D eigenvalue weighted by Gasteiger charge is -2.23. The summed E-state index contributed by atoms with van der Waals surface area (Å²) < 4.78 is 7.34. The summed E-state index contributed by atoms with van der Waals surface area (Å²) in [6, 6.07) is 20.1. The standard InChI is InChI=1S/C27H31N3O2/c1-19(2)16-26(30-14-6-7-15-30)27(31)29-17-23(20-10-12-21(32-3)13-11-20)24-18-28-25-9-5-4-8-22(24)25/h4-15,18-19,23,26,28H,16-17H2,1-3H3,(H,29,31). The third kappa shape index (κ3) is 4.72. The van der Waals surface area contributed by atoms with Crippen LogP contribution in [0.25, 0.3) is 10.9 Å². The topological polar surface area (TPSA) is 59.0 Å². The molecule has 5 heteroatoms. The van der Waals surface area contributed by atoms with Crippen LogP contribution in [0.4, 0.5) is 0 Å². The molecule has 2 atom stereocenters. The number of amides is 1. The van der Waals surface area contributed by atoms with E-state index in [1.54, 1.807) is 7.11 Å². The molecule has 0 aliphatic heterocycles. The van der Waals surface area contributed by atoms with Crippen LogP contribution in [-0.2, 0) is 4.79 Å². The molecule has 0 aliphatic rings. The minimum absolute atomic E-state index is 0.0189. The van der Waals surface area contributed by atoms with Gasteiger partial charge in [0, 0.05) is 42.0 Å². The molecule has 2 heterocycles. The van der Waals surface area contributed by atoms with Crippen molar-refractivity contribution in [3.8, 4) is 5.75 Å². The molecule has 4 rings (SSSR count). The quantitative estimate of drug-likeness (QED) is 0.368. The molecule has 0 radical (unpaired) electrons. The van der Waals surface area contributed by atoms with Crippen molar-refractivity contribution in [1.29, 1.82) is 0 Å². The van der Waals surface area contributed by atoms with Crippen molar-refractivity contribution in [1.82, 2.24) is 14.9 Å². The van der Waals surface area contributed by atoms with Crippen LogP contribution in [0.15, 0.2) is 79.3 Å². The van der Waals surface area contributed by atoms with Gasteiger partial charge in [0.05, 0.1) is 7.11 Å². The van der Waals surface area contributed by atoms with Crippen molar-refractivity contribution in [3.05, 3.63) is 90.4 Å². The molecule has 2 aromatic carbocycles. The second kappa shape index (κ2) is 9.77. The maximum Gasteiger partial charge on any atom is 0.243 e. The molecule has 32 heavy (non-hydrogen) atoms. The van der Waals surface area contributed by atoms with E-state index in [1.807, 2.05) is 53.4 Å². The molecule has 2 N–H and O–H groups in total. The molecule has 0 saturated heterocycles. The predicted octanol–water partition coefficient (Wildman–Crippen LogP) is 5.51. The van der Waals surface area contributed by atoms with Crippen LogP contribution < -0.4 is 10.1 Å². The van der Waals surface area contributed by atoms with E-state index < -0.39 is 0 Å². The summed E-state index contributed by atoms with van der Waals surface area (Å²) >= 11 is 0. The summed E-state index contributed by atoms with van der Waals surface area (Å²) in [5.41, 5.74) is 3.40. The van der Waals surface area contributed by atoms with Gasteiger partial charge in [0.25, 0.3) is 0 Å². The van der Waals surface area contributed by atoms with Crippen molar-refractivity contribution in [3.63, 3.8) is 0 Å². The minimum atomic E-state index is -0.218. The van der Waals surface area contributed by atoms with Crippen LogP contribution in [0.3, 0.4) is 0 Å². The van der Waals surface area contributed by atoms with E-state index in [0.29, 0.717) is 12.5 Å². The van der Waals surface area contributed by atoms with E-state index in [2.05, 4.69) is 54.6 Å². The summed E-state index contributed by atoms with van der Waals surface area (Å²) in [6.07, 6.45) is 6.78. The van der Waals surface area contributed by atoms with Crippen molar-refractivity contribution in [2.75, 3.05) is 13.7 Å². The fourth-order valence-corrected chi connectivity index (χ4v) is 4.31. The summed E-state index contributed by atoms with van der Waals surface area (Å²) in [6.45, 7) is 4.81. The number of para-hydroxylation sites is 1. The number of methoxy groups -OCH3 is 1. The fraction of sp³-hybridized carbons (Fsp3) is 0.296. The van der Waals surface area contributed by atoms with Crippen molar-refractivity contribution >= 4 is 16.8 Å². The monoisotopic (exact) mass is 429 g/mol. The predicted molar refractivity (Wildman–Crippen MR) is 129 cm³/mol. The van der Waals surface area contributed by atoms with Gasteiger partial charge in [0.2, 0.25) is 5.91 Å². The highest BCUT2D eigenvalue weighted by Crippen LogP contribution is 2.31. The lowest BCUT2D eigenvalue weighted by Crippen LogP contribution is -2.35. The second-order valence-corrected chi connectivity index (χ2v) is 8.64. The lowest BCUT2D eigenvalue weighted by molar-refractivity contribution is -0.124. The van der Waals surface area contributed by atoms with Gasteiger partial charge in [-0.2, -0.15) is 0 Å². The second-order valence-electron chi connectivity index (χ2n) is 8.64. The molecular weight excluding hydrogens is 398 g/mol. The zero-order valence-electron chi connectivity index (χ0n) is 18.9. The van der Waals surface area contributed by atoms with Crippen LogP contribution in [0.2, 0.25) is 0 Å². The molecule has 0 saturated carbocycles. The molecule has 2 unspecified atom stereocenters. The number of rotatable bonds is 9. The van der Waals surface area contributed by atoms with Gasteiger partial charge in [-0.25, -0.2) is 0 Å². The minimum Gasteiger partial charge on any atom is -0.497 e. The largest absolute Gasteiger partial charge is 0.497 e. The normalized spacial score (nSPS) is 13.2. The average Bonchev–Trinajstić information content (AvgIpc) is 3.48. The van der Waals surface area contributed by atoms with Gasteiger partial charge in [-0.3, -0.25) is 4.79 Å². The van der Waals surface area contributed by atoms with Crippen LogP contribution >= 0.6 is 0 Å². The number of fused-ring (bicyclic) bond motifs is 1. The molecule has 1 amide bonds. The highest BCUT2D eigenvalue weighted by atomic mass is 16.5. The zero-order chi connectivity index (χ0) is 22.5. The molecule has 0 bridgehead atoms. The highest BCUT2D eigenvalue weighted by molar-refractivity contribution is 5.84. The Hall–Kier alpha value is -3.47. The number of aromatic amines is 1. The number of carbonyl (C=O) groups excluding carboxylic acids is 1. The summed E-state index contributed by atoms with van der Waals surface area (Å²) in [7, 11) is 1.67. The van der Waals surface area contributed by atoms with Gasteiger partial charge in [-0.1, -0.05) is 44.2 Å². The van der Waals surface area contributed by atoms with Crippen molar-refractivity contribution < 1.29 is 9.53 Å². The number of carbonyl (C=O) groups is 1. The van der Waals surface area contributed by atoms with Crippen molar-refractivity contribution in [2.45, 2.75) is 32.2 Å². The van der Waals surface area contributed by atoms with E-state index in [0.717, 1.165) is 23.3 Å². The fourth-order valence-electron chi connectivity index (χ4n) is 4.31. The first-order valence-corrected chi connectivity index (χ1v) is 11.2. The molecule has 0 spiro atoms. The van der Waals surface area contributed by atoms with Crippen LogP contribution in [0.1, 0.15) is 43.4 Å². The Kier molecular flexibility index (Phi) is 6.64. The smallest absolute Gasteiger partial charge is 0.243 e. The maximum atomic E-state index is 13.3. The van der Waals surface area contributed by atoms with Crippen LogP contribution in [0.5, 0.6) is 5.75 Å². The first kappa shape index (κ1) is 21.8. The van der Waals surface area contributed by atoms with Gasteiger partial charge in [-0.05, 0) is 53.8 Å². The Balaban J connectivity index is 1.62. The van der Waals surface area contributed by atoms with Crippen LogP contribution in [0, 0.1) is 5.92 Å². The average molecular weight is 430 g/mol. The SMILES string of the molecule is COc1ccc(C(CNC(=O)C(CC(C)C)n2cccc2)c2c[nH]c3ccccc23)cc1. The number of H-pyrrole nitrogens is 1. The van der Waals surface area contributed by atoms with Gasteiger partial charge in [0.1, 0.15) is 11.8 Å². The molecule has 166 valence electrons. The molecule has 0 fully saturated rings. The molecule has 0 aliphatic carbocycles. The zero-order valence-corrected chi connectivity index (χ0v) is 18.9. The van der Waals surface area contributed by atoms with E-state index in [9.17, 15) is 4.79 Å². The summed E-state index contributed by atoms with van der Waals surface area (Å²) in [5, 5.41) is 4.42. The molecular formula is C27H31N3O2. The number of nitrogens with zero attached hydrogens (tertiary/aromatic N) is 1. The summed E-state index contributed by atoms with van der Waals surface area (Å²) in [4.78, 5) is 16.7. The Labute approximate surface area is 189 Å². The van der Waals surface area contributed by atoms with E-state index >= 15 is 0 Å². The van der Waals surface area contributed by atoms with Gasteiger partial charge in [0.15, 0.2) is 0 Å². The van der Waals surface area contributed by atoms with Crippen molar-refractivity contribution in [2.24, 2.45) is 5.92 Å². The van der Waals surface area contributed by atoms with Gasteiger partial charge >= 0.3 is 0 Å². The van der Waals surface area contributed by atoms with E-state index in [4.69, 9.17) is 4.74 Å². The van der Waals surface area contributed by atoms with E-state index in [1.165, 1.54) is 10.9 Å². The number of hydrogen-bond donors (Lipinski definition) is 2. The third-order valence-corrected chi connectivity index (χ3v) is 5.98. The molecule has 2 aromatic heterocycles. The number of benzene rings is 2. The highest BCUT2D eigenvalue weighted by Gasteiger charge is 2.24. The molecule has 5 nitrogen and oxygen atoms in total. The molecule has 4 aromatic rings. The summed E-state index contributed by atoms with van der Waals surface area (Å²) in [5.74, 6) is 1.30. The number of hydrogen-bond acceptors (Lipinski definition) is 2. The Morgan fingerprint density at radius 3 is 2.44 bits per heavy atom. The number of ether oxygens (including phenoxy) is 1. The van der Waals surface area contributed by atoms with Gasteiger partial charge < -0.3 is 19.6 Å². The first-order chi connectivity index (χ1) is 15.6. The maximum absolute atomic E-state index is 13.3. The number of aromatic nitrogens is 2. The Morgan fingerprint density at radius 1 is 1.03 bits per heavy atom. The van der Waals surface area contributed by atoms with Crippen LogP contribution in [-0.4, -0.2) is 29.1 Å². The lowest BCUT2D eigenvalue weighted by atomic mass is 9.90. The van der Waals surface area contributed by atoms with Gasteiger partial charge in [-0.15, -0.1) is 0 Å². The number of nitrogens with one attached hydrogen (secondary N) is 2. The first-order valence-electron chi connectivity index (χ1n) is 11.2. The Morgan fingerprint density at radius 2 is 1.75 bits per heavy atom.